The lowest BCUT2D eigenvalue weighted by Gasteiger charge is -2.43. The highest BCUT2D eigenvalue weighted by molar-refractivity contribution is 6.99. The molecule has 3 rings (SSSR count). The van der Waals surface area contributed by atoms with Gasteiger partial charge in [0, 0.05) is 7.11 Å². The van der Waals surface area contributed by atoms with E-state index in [9.17, 15) is 9.50 Å². The number of benzene rings is 2. The Morgan fingerprint density at radius 1 is 1.00 bits per heavy atom. The van der Waals surface area contributed by atoms with Gasteiger partial charge in [-0.25, -0.2) is 4.39 Å². The molecule has 0 spiro atoms. The fourth-order valence-corrected chi connectivity index (χ4v) is 8.56. The fraction of sp³-hybridized carbons (Fsp3) is 0.455. The summed E-state index contributed by atoms with van der Waals surface area (Å²) < 4.78 is 31.4. The van der Waals surface area contributed by atoms with Gasteiger partial charge in [0.15, 0.2) is 12.5 Å². The largest absolute Gasteiger partial charge is 0.405 e. The Morgan fingerprint density at radius 3 is 1.89 bits per heavy atom. The van der Waals surface area contributed by atoms with Crippen molar-refractivity contribution in [1.29, 1.82) is 0 Å². The zero-order valence-corrected chi connectivity index (χ0v) is 17.8. The summed E-state index contributed by atoms with van der Waals surface area (Å²) in [4.78, 5) is 0. The van der Waals surface area contributed by atoms with Crippen molar-refractivity contribution >= 4 is 18.7 Å². The van der Waals surface area contributed by atoms with Crippen LogP contribution in [0.3, 0.4) is 0 Å². The van der Waals surface area contributed by atoms with Gasteiger partial charge in [0.25, 0.3) is 8.32 Å². The van der Waals surface area contributed by atoms with Crippen LogP contribution in [0.15, 0.2) is 60.7 Å². The Morgan fingerprint density at radius 2 is 1.50 bits per heavy atom. The van der Waals surface area contributed by atoms with E-state index in [4.69, 9.17) is 13.9 Å². The maximum Gasteiger partial charge on any atom is 0.261 e. The monoisotopic (exact) mass is 404 g/mol. The minimum absolute atomic E-state index is 0.0920. The van der Waals surface area contributed by atoms with E-state index in [2.05, 4.69) is 45.0 Å². The Bertz CT molecular complexity index is 711. The summed E-state index contributed by atoms with van der Waals surface area (Å²) in [5.74, 6) is 0. The molecule has 1 saturated heterocycles. The molecule has 152 valence electrons. The molecule has 1 N–H and O–H groups in total. The van der Waals surface area contributed by atoms with Crippen LogP contribution >= 0.6 is 0 Å². The van der Waals surface area contributed by atoms with Crippen molar-refractivity contribution in [2.75, 3.05) is 13.7 Å². The topological polar surface area (TPSA) is 47.9 Å². The molecule has 4 atom stereocenters. The molecular formula is C22H29FO4Si. The molecule has 2 aromatic rings. The lowest BCUT2D eigenvalue weighted by Crippen LogP contribution is -2.67. The average molecular weight is 405 g/mol. The maximum atomic E-state index is 14.2. The highest BCUT2D eigenvalue weighted by Crippen LogP contribution is 2.37. The summed E-state index contributed by atoms with van der Waals surface area (Å²) in [6.45, 7) is 6.60. The number of ether oxygens (including phenoxy) is 2. The molecule has 1 fully saturated rings. The van der Waals surface area contributed by atoms with Gasteiger partial charge in [-0.05, 0) is 15.4 Å². The summed E-state index contributed by atoms with van der Waals surface area (Å²) in [5, 5.41) is 12.3. The summed E-state index contributed by atoms with van der Waals surface area (Å²) >= 11 is 0. The first kappa shape index (κ1) is 21.1. The highest BCUT2D eigenvalue weighted by Gasteiger charge is 2.52. The number of methoxy groups -OCH3 is 1. The number of halogens is 1. The van der Waals surface area contributed by atoms with E-state index in [1.165, 1.54) is 7.11 Å². The number of hydrogen-bond donors (Lipinski definition) is 1. The van der Waals surface area contributed by atoms with Gasteiger partial charge in [-0.2, -0.15) is 0 Å². The molecule has 0 aliphatic carbocycles. The van der Waals surface area contributed by atoms with Crippen LogP contribution in [0.2, 0.25) is 5.04 Å². The molecule has 1 heterocycles. The molecule has 0 saturated carbocycles. The smallest absolute Gasteiger partial charge is 0.261 e. The highest BCUT2D eigenvalue weighted by atomic mass is 28.4. The van der Waals surface area contributed by atoms with Crippen LogP contribution in [0.25, 0.3) is 0 Å². The quantitative estimate of drug-likeness (QED) is 0.752. The van der Waals surface area contributed by atoms with Crippen molar-refractivity contribution in [2.45, 2.75) is 50.5 Å². The predicted octanol–water partition coefficient (Wildman–Crippen LogP) is 2.63. The molecule has 2 aromatic carbocycles. The van der Waals surface area contributed by atoms with Gasteiger partial charge >= 0.3 is 0 Å². The Kier molecular flexibility index (Phi) is 6.36. The van der Waals surface area contributed by atoms with Gasteiger partial charge in [0.05, 0.1) is 6.61 Å². The molecule has 0 amide bonds. The first-order valence-corrected chi connectivity index (χ1v) is 11.5. The third kappa shape index (κ3) is 3.80. The lowest BCUT2D eigenvalue weighted by molar-refractivity contribution is -0.140. The lowest BCUT2D eigenvalue weighted by atomic mass is 10.2. The second kappa shape index (κ2) is 8.43. The molecule has 4 nitrogen and oxygen atoms in total. The summed E-state index contributed by atoms with van der Waals surface area (Å²) in [6, 6.07) is 20.4. The SMILES string of the molecule is COC1O[C@H](CO[Si](c2ccccc2)(c2ccccc2)C(C)(C)C)[C@@H](O)[C@H]1F. The van der Waals surface area contributed by atoms with Gasteiger partial charge in [-0.3, -0.25) is 0 Å². The first-order chi connectivity index (χ1) is 13.3. The van der Waals surface area contributed by atoms with E-state index in [1.807, 2.05) is 36.4 Å². The van der Waals surface area contributed by atoms with Crippen molar-refractivity contribution in [3.63, 3.8) is 0 Å². The average Bonchev–Trinajstić information content (AvgIpc) is 2.97. The van der Waals surface area contributed by atoms with E-state index < -0.39 is 33.0 Å². The van der Waals surface area contributed by atoms with Gasteiger partial charge < -0.3 is 19.0 Å². The number of aliphatic hydroxyl groups is 1. The van der Waals surface area contributed by atoms with Crippen LogP contribution in [0.5, 0.6) is 0 Å². The molecule has 0 radical (unpaired) electrons. The van der Waals surface area contributed by atoms with Gasteiger partial charge in [-0.15, -0.1) is 0 Å². The van der Waals surface area contributed by atoms with E-state index in [0.29, 0.717) is 0 Å². The minimum Gasteiger partial charge on any atom is -0.405 e. The van der Waals surface area contributed by atoms with Crippen LogP contribution in [0.1, 0.15) is 20.8 Å². The first-order valence-electron chi connectivity index (χ1n) is 9.56. The standard InChI is InChI=1S/C22H29FO4Si/c1-22(2,3)28(16-11-7-5-8-12-16,17-13-9-6-10-14-17)26-15-18-20(24)19(23)21(25-4)27-18/h5-14,18-21,24H,15H2,1-4H3/t18-,19-,20-,21?/m1/s1. The minimum atomic E-state index is -2.76. The number of rotatable bonds is 6. The summed E-state index contributed by atoms with van der Waals surface area (Å²) in [6.07, 6.45) is -4.70. The third-order valence-corrected chi connectivity index (χ3v) is 10.4. The van der Waals surface area contributed by atoms with Crippen LogP contribution in [0.4, 0.5) is 4.39 Å². The molecule has 6 heteroatoms. The van der Waals surface area contributed by atoms with E-state index >= 15 is 0 Å². The number of alkyl halides is 1. The summed E-state index contributed by atoms with van der Waals surface area (Å²) in [5.41, 5.74) is 0. The van der Waals surface area contributed by atoms with Gasteiger partial charge in [0.1, 0.15) is 12.2 Å². The molecular weight excluding hydrogens is 375 g/mol. The second-order valence-corrected chi connectivity index (χ2v) is 12.5. The predicted molar refractivity (Wildman–Crippen MR) is 110 cm³/mol. The van der Waals surface area contributed by atoms with Gasteiger partial charge in [0.2, 0.25) is 0 Å². The van der Waals surface area contributed by atoms with Crippen molar-refractivity contribution in [3.05, 3.63) is 60.7 Å². The Balaban J connectivity index is 2.00. The maximum absolute atomic E-state index is 14.2. The summed E-state index contributed by atoms with van der Waals surface area (Å²) in [7, 11) is -1.38. The van der Waals surface area contributed by atoms with Crippen LogP contribution in [0, 0.1) is 0 Å². The van der Waals surface area contributed by atoms with Crippen molar-refractivity contribution in [1.82, 2.24) is 0 Å². The number of aliphatic hydroxyl groups excluding tert-OH is 1. The third-order valence-electron chi connectivity index (χ3n) is 5.39. The molecule has 1 aliphatic rings. The van der Waals surface area contributed by atoms with Crippen molar-refractivity contribution in [2.24, 2.45) is 0 Å². The zero-order chi connectivity index (χ0) is 20.4. The molecule has 28 heavy (non-hydrogen) atoms. The van der Waals surface area contributed by atoms with Crippen LogP contribution in [-0.4, -0.2) is 51.8 Å². The number of hydrogen-bond acceptors (Lipinski definition) is 4. The Labute approximate surface area is 167 Å². The Hall–Kier alpha value is -1.57. The fourth-order valence-electron chi connectivity index (χ4n) is 3.99. The van der Waals surface area contributed by atoms with E-state index in [1.54, 1.807) is 0 Å². The second-order valence-electron chi connectivity index (χ2n) is 8.19. The molecule has 0 aromatic heterocycles. The molecule has 0 bridgehead atoms. The van der Waals surface area contributed by atoms with Crippen molar-refractivity contribution in [3.8, 4) is 0 Å². The normalized spacial score (nSPS) is 25.8. The van der Waals surface area contributed by atoms with E-state index in [-0.39, 0.29) is 11.6 Å². The van der Waals surface area contributed by atoms with Crippen LogP contribution in [-0.2, 0) is 13.9 Å². The van der Waals surface area contributed by atoms with Crippen molar-refractivity contribution < 1.29 is 23.4 Å². The van der Waals surface area contributed by atoms with Crippen LogP contribution < -0.4 is 10.4 Å². The zero-order valence-electron chi connectivity index (χ0n) is 16.8. The van der Waals surface area contributed by atoms with E-state index in [0.717, 1.165) is 10.4 Å². The molecule has 1 unspecified atom stereocenters. The van der Waals surface area contributed by atoms with Gasteiger partial charge in [-0.1, -0.05) is 81.4 Å². The molecule has 1 aliphatic heterocycles.